The summed E-state index contributed by atoms with van der Waals surface area (Å²) in [6, 6.07) is 15.7. The van der Waals surface area contributed by atoms with Crippen molar-refractivity contribution < 1.29 is 8.42 Å². The lowest BCUT2D eigenvalue weighted by Crippen LogP contribution is -2.32. The first-order chi connectivity index (χ1) is 10.6. The summed E-state index contributed by atoms with van der Waals surface area (Å²) in [4.78, 5) is 0. The highest BCUT2D eigenvalue weighted by Crippen LogP contribution is 2.30. The average molecular weight is 315 g/mol. The fourth-order valence-corrected chi connectivity index (χ4v) is 4.61. The van der Waals surface area contributed by atoms with Gasteiger partial charge in [0.25, 0.3) is 0 Å². The maximum Gasteiger partial charge on any atom is 0.216 e. The molecule has 22 heavy (non-hydrogen) atoms. The molecule has 2 aromatic rings. The van der Waals surface area contributed by atoms with Crippen LogP contribution in [0.25, 0.3) is 0 Å². The lowest BCUT2D eigenvalue weighted by molar-refractivity contribution is 0.507. The Morgan fingerprint density at radius 3 is 2.64 bits per heavy atom. The van der Waals surface area contributed by atoms with Gasteiger partial charge in [-0.05, 0) is 48.4 Å². The van der Waals surface area contributed by atoms with Gasteiger partial charge in [0.15, 0.2) is 0 Å². The summed E-state index contributed by atoms with van der Waals surface area (Å²) in [5.74, 6) is 0.0400. The van der Waals surface area contributed by atoms with Gasteiger partial charge >= 0.3 is 0 Å². The highest BCUT2D eigenvalue weighted by Gasteiger charge is 2.24. The van der Waals surface area contributed by atoms with E-state index < -0.39 is 10.0 Å². The Kier molecular flexibility index (Phi) is 4.32. The van der Waals surface area contributed by atoms with E-state index in [1.54, 1.807) is 0 Å². The number of hydrogen-bond acceptors (Lipinski definition) is 2. The number of rotatable bonds is 4. The van der Waals surface area contributed by atoms with Crippen molar-refractivity contribution in [1.29, 1.82) is 0 Å². The number of fused-ring (bicyclic) bond motifs is 1. The maximum atomic E-state index is 12.5. The molecule has 1 N–H and O–H groups in total. The molecule has 0 aliphatic heterocycles. The van der Waals surface area contributed by atoms with Gasteiger partial charge in [-0.15, -0.1) is 0 Å². The van der Waals surface area contributed by atoms with E-state index in [2.05, 4.69) is 10.8 Å². The summed E-state index contributed by atoms with van der Waals surface area (Å²) in [6.45, 7) is 1.95. The van der Waals surface area contributed by atoms with Crippen LogP contribution in [0.2, 0.25) is 0 Å². The summed E-state index contributed by atoms with van der Waals surface area (Å²) >= 11 is 0. The molecule has 0 fully saturated rings. The quantitative estimate of drug-likeness (QED) is 0.938. The third kappa shape index (κ3) is 3.39. The molecule has 3 rings (SSSR count). The van der Waals surface area contributed by atoms with Crippen molar-refractivity contribution in [2.45, 2.75) is 38.0 Å². The van der Waals surface area contributed by atoms with Gasteiger partial charge in [-0.25, -0.2) is 13.1 Å². The van der Waals surface area contributed by atoms with Gasteiger partial charge in [-0.1, -0.05) is 48.5 Å². The van der Waals surface area contributed by atoms with Gasteiger partial charge in [-0.2, -0.15) is 0 Å². The Morgan fingerprint density at radius 2 is 1.82 bits per heavy atom. The molecule has 0 saturated carbocycles. The van der Waals surface area contributed by atoms with E-state index in [4.69, 9.17) is 0 Å². The molecule has 0 aromatic heterocycles. The van der Waals surface area contributed by atoms with Crippen molar-refractivity contribution >= 4 is 10.0 Å². The number of sulfonamides is 1. The average Bonchev–Trinajstić information content (AvgIpc) is 2.49. The van der Waals surface area contributed by atoms with Gasteiger partial charge < -0.3 is 0 Å². The van der Waals surface area contributed by atoms with Crippen LogP contribution in [0.5, 0.6) is 0 Å². The van der Waals surface area contributed by atoms with Crippen molar-refractivity contribution in [3.63, 3.8) is 0 Å². The van der Waals surface area contributed by atoms with Gasteiger partial charge in [-0.3, -0.25) is 0 Å². The molecule has 0 heterocycles. The molecule has 0 bridgehead atoms. The molecular formula is C18H21NO2S. The van der Waals surface area contributed by atoms with Crippen LogP contribution in [-0.2, 0) is 22.2 Å². The fourth-order valence-electron chi connectivity index (χ4n) is 3.11. The van der Waals surface area contributed by atoms with E-state index in [0.717, 1.165) is 36.0 Å². The van der Waals surface area contributed by atoms with Crippen LogP contribution in [0.4, 0.5) is 0 Å². The maximum absolute atomic E-state index is 12.5. The van der Waals surface area contributed by atoms with Gasteiger partial charge in [0.1, 0.15) is 0 Å². The molecule has 0 saturated heterocycles. The van der Waals surface area contributed by atoms with Gasteiger partial charge in [0, 0.05) is 6.04 Å². The summed E-state index contributed by atoms with van der Waals surface area (Å²) in [7, 11) is -3.35. The summed E-state index contributed by atoms with van der Waals surface area (Å²) in [5, 5.41) is 0. The Balaban J connectivity index is 1.80. The molecule has 0 unspecified atom stereocenters. The molecule has 3 nitrogen and oxygen atoms in total. The second kappa shape index (κ2) is 6.23. The van der Waals surface area contributed by atoms with E-state index in [9.17, 15) is 8.42 Å². The molecule has 0 spiro atoms. The van der Waals surface area contributed by atoms with Gasteiger partial charge in [0.05, 0.1) is 5.75 Å². The van der Waals surface area contributed by atoms with Crippen LogP contribution in [0, 0.1) is 6.92 Å². The first kappa shape index (κ1) is 15.3. The first-order valence-corrected chi connectivity index (χ1v) is 9.33. The minimum atomic E-state index is -3.35. The normalized spacial score (nSPS) is 18.0. The summed E-state index contributed by atoms with van der Waals surface area (Å²) < 4.78 is 27.9. The molecule has 1 aliphatic rings. The molecule has 1 atom stereocenters. The topological polar surface area (TPSA) is 46.2 Å². The zero-order valence-electron chi connectivity index (χ0n) is 12.7. The molecule has 0 amide bonds. The minimum absolute atomic E-state index is 0.0400. The summed E-state index contributed by atoms with van der Waals surface area (Å²) in [5.41, 5.74) is 4.26. The van der Waals surface area contributed by atoms with Crippen LogP contribution in [0.3, 0.4) is 0 Å². The molecule has 116 valence electrons. The van der Waals surface area contributed by atoms with Crippen molar-refractivity contribution in [1.82, 2.24) is 4.72 Å². The highest BCUT2D eigenvalue weighted by atomic mass is 32.2. The first-order valence-electron chi connectivity index (χ1n) is 7.67. The van der Waals surface area contributed by atoms with E-state index >= 15 is 0 Å². The predicted octanol–water partition coefficient (Wildman–Crippen LogP) is 3.49. The van der Waals surface area contributed by atoms with E-state index in [1.807, 2.05) is 49.4 Å². The second-order valence-corrected chi connectivity index (χ2v) is 7.70. The number of aryl methyl sites for hydroxylation is 2. The van der Waals surface area contributed by atoms with Gasteiger partial charge in [0.2, 0.25) is 10.0 Å². The Labute approximate surface area is 132 Å². The highest BCUT2D eigenvalue weighted by molar-refractivity contribution is 7.88. The SMILES string of the molecule is Cc1ccccc1CS(=O)(=O)N[C@@H]1CCCc2ccccc21. The van der Waals surface area contributed by atoms with Crippen LogP contribution in [-0.4, -0.2) is 8.42 Å². The Morgan fingerprint density at radius 1 is 1.09 bits per heavy atom. The fraction of sp³-hybridized carbons (Fsp3) is 0.333. The standard InChI is InChI=1S/C18H21NO2S/c1-14-7-2-3-9-16(14)13-22(20,21)19-18-12-6-10-15-8-4-5-11-17(15)18/h2-5,7-9,11,18-19H,6,10,12-13H2,1H3/t18-/m1/s1. The monoisotopic (exact) mass is 315 g/mol. The zero-order valence-corrected chi connectivity index (χ0v) is 13.6. The third-order valence-electron chi connectivity index (χ3n) is 4.30. The van der Waals surface area contributed by atoms with Crippen LogP contribution in [0.15, 0.2) is 48.5 Å². The zero-order chi connectivity index (χ0) is 15.6. The third-order valence-corrected chi connectivity index (χ3v) is 5.63. The van der Waals surface area contributed by atoms with E-state index in [1.165, 1.54) is 5.56 Å². The Hall–Kier alpha value is -1.65. The molecule has 2 aromatic carbocycles. The number of hydrogen-bond donors (Lipinski definition) is 1. The van der Waals surface area contributed by atoms with E-state index in [-0.39, 0.29) is 11.8 Å². The van der Waals surface area contributed by atoms with Crippen molar-refractivity contribution in [3.8, 4) is 0 Å². The molecule has 0 radical (unpaired) electrons. The Bertz CT molecular complexity index is 768. The lowest BCUT2D eigenvalue weighted by atomic mass is 9.88. The number of nitrogens with one attached hydrogen (secondary N) is 1. The molecule has 4 heteroatoms. The van der Waals surface area contributed by atoms with Crippen molar-refractivity contribution in [3.05, 3.63) is 70.8 Å². The predicted molar refractivity (Wildman–Crippen MR) is 89.1 cm³/mol. The smallest absolute Gasteiger partial charge is 0.212 e. The van der Waals surface area contributed by atoms with Crippen molar-refractivity contribution in [2.24, 2.45) is 0 Å². The lowest BCUT2D eigenvalue weighted by Gasteiger charge is -2.26. The minimum Gasteiger partial charge on any atom is -0.212 e. The van der Waals surface area contributed by atoms with E-state index in [0.29, 0.717) is 0 Å². The molecular weight excluding hydrogens is 294 g/mol. The number of benzene rings is 2. The summed E-state index contributed by atoms with van der Waals surface area (Å²) in [6.07, 6.45) is 2.92. The van der Waals surface area contributed by atoms with Crippen LogP contribution < -0.4 is 4.72 Å². The van der Waals surface area contributed by atoms with Crippen LogP contribution >= 0.6 is 0 Å². The largest absolute Gasteiger partial charge is 0.216 e. The molecule has 1 aliphatic carbocycles. The van der Waals surface area contributed by atoms with Crippen LogP contribution in [0.1, 0.15) is 41.1 Å². The van der Waals surface area contributed by atoms with Crippen molar-refractivity contribution in [2.75, 3.05) is 0 Å². The second-order valence-electron chi connectivity index (χ2n) is 5.95.